The van der Waals surface area contributed by atoms with Crippen LogP contribution in [-0.4, -0.2) is 47.8 Å². The number of ether oxygens (including phenoxy) is 1. The van der Waals surface area contributed by atoms with Crippen LogP contribution in [0.4, 0.5) is 0 Å². The third-order valence-electron chi connectivity index (χ3n) is 3.54. The average Bonchev–Trinajstić information content (AvgIpc) is 2.70. The third kappa shape index (κ3) is 2.95. The Hall–Kier alpha value is -0.610. The first kappa shape index (κ1) is 13.5. The van der Waals surface area contributed by atoms with Crippen molar-refractivity contribution in [2.45, 2.75) is 51.2 Å². The number of carboxylic acids is 1. The summed E-state index contributed by atoms with van der Waals surface area (Å²) in [5.74, 6) is -0.741. The number of nitrogens with zero attached hydrogens (tertiary/aromatic N) is 1. The van der Waals surface area contributed by atoms with Crippen molar-refractivity contribution in [3.63, 3.8) is 0 Å². The zero-order valence-corrected chi connectivity index (χ0v) is 10.5. The summed E-state index contributed by atoms with van der Waals surface area (Å²) in [5.41, 5.74) is -0.763. The van der Waals surface area contributed by atoms with Gasteiger partial charge in [0, 0.05) is 13.2 Å². The summed E-state index contributed by atoms with van der Waals surface area (Å²) in [7, 11) is 1.88. The number of carboxylic acid groups (broad SMARTS) is 1. The number of likely N-dealkylation sites (N-methyl/N-ethyl adjacent to an activating group) is 1. The van der Waals surface area contributed by atoms with Crippen LogP contribution in [0, 0.1) is 0 Å². The highest BCUT2D eigenvalue weighted by atomic mass is 16.5. The zero-order valence-electron chi connectivity index (χ0n) is 10.5. The van der Waals surface area contributed by atoms with Gasteiger partial charge in [0.25, 0.3) is 0 Å². The van der Waals surface area contributed by atoms with E-state index in [1.165, 1.54) is 0 Å². The highest BCUT2D eigenvalue weighted by Gasteiger charge is 2.37. The Bertz CT molecular complexity index is 238. The van der Waals surface area contributed by atoms with Gasteiger partial charge < -0.3 is 9.84 Å². The predicted molar refractivity (Wildman–Crippen MR) is 62.6 cm³/mol. The molecule has 94 valence electrons. The molecule has 0 bridgehead atoms. The smallest absolute Gasteiger partial charge is 0.323 e. The van der Waals surface area contributed by atoms with Crippen LogP contribution in [0.2, 0.25) is 0 Å². The van der Waals surface area contributed by atoms with E-state index in [0.717, 1.165) is 25.9 Å². The van der Waals surface area contributed by atoms with Gasteiger partial charge in [0.05, 0.1) is 6.10 Å². The van der Waals surface area contributed by atoms with Gasteiger partial charge in [0.2, 0.25) is 0 Å². The summed E-state index contributed by atoms with van der Waals surface area (Å²) in [6.45, 7) is 5.34. The largest absolute Gasteiger partial charge is 0.480 e. The van der Waals surface area contributed by atoms with Crippen molar-refractivity contribution in [3.8, 4) is 0 Å². The second-order valence-electron chi connectivity index (χ2n) is 4.84. The fourth-order valence-electron chi connectivity index (χ4n) is 2.24. The maximum absolute atomic E-state index is 11.3. The highest BCUT2D eigenvalue weighted by Crippen LogP contribution is 2.23. The molecular weight excluding hydrogens is 206 g/mol. The van der Waals surface area contributed by atoms with E-state index in [1.54, 1.807) is 6.92 Å². The Morgan fingerprint density at radius 2 is 2.31 bits per heavy atom. The molecule has 2 atom stereocenters. The highest BCUT2D eigenvalue weighted by molar-refractivity contribution is 5.78. The van der Waals surface area contributed by atoms with Crippen LogP contribution in [0.5, 0.6) is 0 Å². The van der Waals surface area contributed by atoms with Gasteiger partial charge in [0.1, 0.15) is 5.54 Å². The minimum absolute atomic E-state index is 0.209. The second-order valence-corrected chi connectivity index (χ2v) is 4.84. The van der Waals surface area contributed by atoms with Crippen molar-refractivity contribution in [2.24, 2.45) is 0 Å². The minimum atomic E-state index is -0.763. The van der Waals surface area contributed by atoms with Gasteiger partial charge >= 0.3 is 5.97 Å². The van der Waals surface area contributed by atoms with Crippen LogP contribution in [0.1, 0.15) is 39.5 Å². The third-order valence-corrected chi connectivity index (χ3v) is 3.54. The SMILES string of the molecule is CCCC(C)(C(=O)O)N(C)CC1CCCO1. The maximum atomic E-state index is 11.3. The van der Waals surface area contributed by atoms with Crippen LogP contribution in [0.25, 0.3) is 0 Å². The van der Waals surface area contributed by atoms with Crippen molar-refractivity contribution in [1.29, 1.82) is 0 Å². The number of hydrogen-bond donors (Lipinski definition) is 1. The lowest BCUT2D eigenvalue weighted by molar-refractivity contribution is -0.151. The second kappa shape index (κ2) is 5.64. The van der Waals surface area contributed by atoms with Crippen molar-refractivity contribution < 1.29 is 14.6 Å². The zero-order chi connectivity index (χ0) is 12.2. The van der Waals surface area contributed by atoms with Gasteiger partial charge in [-0.15, -0.1) is 0 Å². The Morgan fingerprint density at radius 1 is 1.62 bits per heavy atom. The van der Waals surface area contributed by atoms with Crippen molar-refractivity contribution in [3.05, 3.63) is 0 Å². The molecule has 2 unspecified atom stereocenters. The first-order valence-electron chi connectivity index (χ1n) is 6.07. The van der Waals surface area contributed by atoms with Crippen molar-refractivity contribution in [1.82, 2.24) is 4.90 Å². The standard InChI is InChI=1S/C12H23NO3/c1-4-7-12(2,11(14)15)13(3)9-10-6-5-8-16-10/h10H,4-9H2,1-3H3,(H,14,15). The minimum Gasteiger partial charge on any atom is -0.480 e. The fourth-order valence-corrected chi connectivity index (χ4v) is 2.24. The van der Waals surface area contributed by atoms with Crippen LogP contribution < -0.4 is 0 Å². The van der Waals surface area contributed by atoms with Gasteiger partial charge in [0.15, 0.2) is 0 Å². The number of aliphatic carboxylic acids is 1. The van der Waals surface area contributed by atoms with E-state index in [1.807, 2.05) is 18.9 Å². The topological polar surface area (TPSA) is 49.8 Å². The molecule has 1 aliphatic rings. The molecule has 0 spiro atoms. The first-order valence-corrected chi connectivity index (χ1v) is 6.07. The lowest BCUT2D eigenvalue weighted by atomic mass is 9.94. The lowest BCUT2D eigenvalue weighted by Gasteiger charge is -2.36. The normalized spacial score (nSPS) is 24.6. The van der Waals surface area contributed by atoms with E-state index < -0.39 is 11.5 Å². The molecule has 0 amide bonds. The molecule has 0 aromatic rings. The van der Waals surface area contributed by atoms with E-state index >= 15 is 0 Å². The van der Waals surface area contributed by atoms with Gasteiger partial charge in [-0.25, -0.2) is 0 Å². The maximum Gasteiger partial charge on any atom is 0.323 e. The predicted octanol–water partition coefficient (Wildman–Crippen LogP) is 1.74. The Balaban J connectivity index is 2.59. The van der Waals surface area contributed by atoms with Crippen LogP contribution >= 0.6 is 0 Å². The fraction of sp³-hybridized carbons (Fsp3) is 0.917. The molecular formula is C12H23NO3. The molecule has 16 heavy (non-hydrogen) atoms. The Labute approximate surface area is 97.6 Å². The van der Waals surface area contributed by atoms with Gasteiger partial charge in [-0.1, -0.05) is 13.3 Å². The number of rotatable bonds is 6. The molecule has 0 aromatic carbocycles. The van der Waals surface area contributed by atoms with E-state index in [0.29, 0.717) is 13.0 Å². The summed E-state index contributed by atoms with van der Waals surface area (Å²) >= 11 is 0. The van der Waals surface area contributed by atoms with Crippen LogP contribution in [0.3, 0.4) is 0 Å². The van der Waals surface area contributed by atoms with Crippen molar-refractivity contribution >= 4 is 5.97 Å². The number of carbonyl (C=O) groups is 1. The summed E-state index contributed by atoms with van der Waals surface area (Å²) in [6.07, 6.45) is 3.90. The average molecular weight is 229 g/mol. The molecule has 1 fully saturated rings. The number of hydrogen-bond acceptors (Lipinski definition) is 3. The first-order chi connectivity index (χ1) is 7.50. The molecule has 0 radical (unpaired) electrons. The molecule has 0 aliphatic carbocycles. The molecule has 1 aliphatic heterocycles. The van der Waals surface area contributed by atoms with E-state index in [-0.39, 0.29) is 6.10 Å². The summed E-state index contributed by atoms with van der Waals surface area (Å²) in [5, 5.41) is 9.33. The van der Waals surface area contributed by atoms with Gasteiger partial charge in [-0.2, -0.15) is 0 Å². The Morgan fingerprint density at radius 3 is 2.75 bits per heavy atom. The van der Waals surface area contributed by atoms with E-state index in [9.17, 15) is 9.90 Å². The monoisotopic (exact) mass is 229 g/mol. The molecule has 0 saturated carbocycles. The molecule has 1 rings (SSSR count). The molecule has 4 nitrogen and oxygen atoms in total. The lowest BCUT2D eigenvalue weighted by Crippen LogP contribution is -2.52. The van der Waals surface area contributed by atoms with Gasteiger partial charge in [-0.05, 0) is 33.2 Å². The van der Waals surface area contributed by atoms with Crippen LogP contribution in [-0.2, 0) is 9.53 Å². The Kier molecular flexibility index (Phi) is 4.74. The molecule has 1 saturated heterocycles. The molecule has 1 heterocycles. The molecule has 4 heteroatoms. The molecule has 1 N–H and O–H groups in total. The van der Waals surface area contributed by atoms with Crippen molar-refractivity contribution in [2.75, 3.05) is 20.2 Å². The van der Waals surface area contributed by atoms with Crippen LogP contribution in [0.15, 0.2) is 0 Å². The van der Waals surface area contributed by atoms with E-state index in [2.05, 4.69) is 0 Å². The quantitative estimate of drug-likeness (QED) is 0.753. The van der Waals surface area contributed by atoms with E-state index in [4.69, 9.17) is 4.74 Å². The van der Waals surface area contributed by atoms with Gasteiger partial charge in [-0.3, -0.25) is 9.69 Å². The summed E-state index contributed by atoms with van der Waals surface area (Å²) in [4.78, 5) is 13.3. The summed E-state index contributed by atoms with van der Waals surface area (Å²) in [6, 6.07) is 0. The summed E-state index contributed by atoms with van der Waals surface area (Å²) < 4.78 is 5.54. The molecule has 0 aromatic heterocycles.